The summed E-state index contributed by atoms with van der Waals surface area (Å²) in [4.78, 5) is 0. The molecule has 1 aromatic carbocycles. The SMILES string of the molecule is COc1ccc(C(CO)C2CC2)c(OC)c1. The van der Waals surface area contributed by atoms with Crippen LogP contribution in [0.2, 0.25) is 0 Å². The molecule has 0 heterocycles. The van der Waals surface area contributed by atoms with Crippen molar-refractivity contribution in [2.45, 2.75) is 18.8 Å². The molecule has 0 aromatic heterocycles. The monoisotopic (exact) mass is 222 g/mol. The second kappa shape index (κ2) is 4.74. The molecule has 1 unspecified atom stereocenters. The van der Waals surface area contributed by atoms with Crippen molar-refractivity contribution in [2.24, 2.45) is 5.92 Å². The van der Waals surface area contributed by atoms with Crippen LogP contribution in [0.15, 0.2) is 18.2 Å². The van der Waals surface area contributed by atoms with Gasteiger partial charge in [-0.2, -0.15) is 0 Å². The third kappa shape index (κ3) is 2.14. The normalized spacial score (nSPS) is 16.9. The minimum Gasteiger partial charge on any atom is -0.497 e. The Morgan fingerprint density at radius 2 is 2.06 bits per heavy atom. The standard InChI is InChI=1S/C13H18O3/c1-15-10-5-6-11(13(7-10)16-2)12(8-14)9-3-4-9/h5-7,9,12,14H,3-4,8H2,1-2H3. The van der Waals surface area contributed by atoms with Gasteiger partial charge in [0.15, 0.2) is 0 Å². The molecule has 3 nitrogen and oxygen atoms in total. The summed E-state index contributed by atoms with van der Waals surface area (Å²) in [6.45, 7) is 0.188. The number of hydrogen-bond donors (Lipinski definition) is 1. The quantitative estimate of drug-likeness (QED) is 0.830. The van der Waals surface area contributed by atoms with Crippen molar-refractivity contribution in [1.82, 2.24) is 0 Å². The highest BCUT2D eigenvalue weighted by Crippen LogP contribution is 2.45. The first-order valence-electron chi connectivity index (χ1n) is 5.63. The maximum atomic E-state index is 9.45. The largest absolute Gasteiger partial charge is 0.497 e. The molecular weight excluding hydrogens is 204 g/mol. The number of benzene rings is 1. The molecule has 1 aliphatic carbocycles. The van der Waals surface area contributed by atoms with E-state index in [4.69, 9.17) is 9.47 Å². The molecule has 1 aromatic rings. The molecule has 88 valence electrons. The average molecular weight is 222 g/mol. The first kappa shape index (κ1) is 11.3. The van der Waals surface area contributed by atoms with Crippen LogP contribution in [0.3, 0.4) is 0 Å². The molecule has 0 bridgehead atoms. The fourth-order valence-electron chi connectivity index (χ4n) is 2.12. The maximum Gasteiger partial charge on any atom is 0.126 e. The van der Waals surface area contributed by atoms with Crippen LogP contribution in [0.25, 0.3) is 0 Å². The molecule has 0 amide bonds. The molecule has 1 saturated carbocycles. The minimum atomic E-state index is 0.188. The van der Waals surface area contributed by atoms with E-state index >= 15 is 0 Å². The molecule has 1 fully saturated rings. The Morgan fingerprint density at radius 1 is 1.31 bits per heavy atom. The van der Waals surface area contributed by atoms with E-state index in [9.17, 15) is 5.11 Å². The van der Waals surface area contributed by atoms with E-state index in [2.05, 4.69) is 0 Å². The molecule has 1 N–H and O–H groups in total. The zero-order chi connectivity index (χ0) is 11.5. The molecule has 0 saturated heterocycles. The van der Waals surface area contributed by atoms with E-state index in [-0.39, 0.29) is 12.5 Å². The van der Waals surface area contributed by atoms with Crippen LogP contribution >= 0.6 is 0 Å². The highest BCUT2D eigenvalue weighted by Gasteiger charge is 2.33. The van der Waals surface area contributed by atoms with Crippen molar-refractivity contribution in [2.75, 3.05) is 20.8 Å². The van der Waals surface area contributed by atoms with E-state index in [0.717, 1.165) is 17.1 Å². The van der Waals surface area contributed by atoms with E-state index in [0.29, 0.717) is 5.92 Å². The highest BCUT2D eigenvalue weighted by atomic mass is 16.5. The lowest BCUT2D eigenvalue weighted by atomic mass is 9.94. The second-order valence-corrected chi connectivity index (χ2v) is 4.23. The fourth-order valence-corrected chi connectivity index (χ4v) is 2.12. The topological polar surface area (TPSA) is 38.7 Å². The summed E-state index contributed by atoms with van der Waals surface area (Å²) >= 11 is 0. The Hall–Kier alpha value is -1.22. The summed E-state index contributed by atoms with van der Waals surface area (Å²) < 4.78 is 10.5. The minimum absolute atomic E-state index is 0.188. The van der Waals surface area contributed by atoms with Crippen LogP contribution in [0.4, 0.5) is 0 Å². The van der Waals surface area contributed by atoms with Crippen LogP contribution in [0.1, 0.15) is 24.3 Å². The number of ether oxygens (including phenoxy) is 2. The van der Waals surface area contributed by atoms with Crippen molar-refractivity contribution >= 4 is 0 Å². The Labute approximate surface area is 96.0 Å². The molecule has 0 radical (unpaired) electrons. The van der Waals surface area contributed by atoms with E-state index in [1.807, 2.05) is 18.2 Å². The average Bonchev–Trinajstić information content (AvgIpc) is 3.15. The van der Waals surface area contributed by atoms with Gasteiger partial charge in [0.1, 0.15) is 11.5 Å². The number of aliphatic hydroxyl groups is 1. The van der Waals surface area contributed by atoms with Gasteiger partial charge in [-0.1, -0.05) is 6.07 Å². The van der Waals surface area contributed by atoms with Crippen LogP contribution in [0.5, 0.6) is 11.5 Å². The van der Waals surface area contributed by atoms with E-state index in [1.54, 1.807) is 14.2 Å². The van der Waals surface area contributed by atoms with Gasteiger partial charge in [0.25, 0.3) is 0 Å². The number of aliphatic hydroxyl groups excluding tert-OH is 1. The van der Waals surface area contributed by atoms with Gasteiger partial charge in [-0.05, 0) is 24.8 Å². The molecular formula is C13H18O3. The molecule has 2 rings (SSSR count). The number of hydrogen-bond acceptors (Lipinski definition) is 3. The van der Waals surface area contributed by atoms with Gasteiger partial charge in [-0.3, -0.25) is 0 Å². The Balaban J connectivity index is 2.30. The van der Waals surface area contributed by atoms with Crippen LogP contribution < -0.4 is 9.47 Å². The maximum absolute atomic E-state index is 9.45. The van der Waals surface area contributed by atoms with E-state index < -0.39 is 0 Å². The van der Waals surface area contributed by atoms with E-state index in [1.165, 1.54) is 12.8 Å². The van der Waals surface area contributed by atoms with Crippen LogP contribution in [-0.4, -0.2) is 25.9 Å². The lowest BCUT2D eigenvalue weighted by Gasteiger charge is -2.17. The first-order valence-corrected chi connectivity index (χ1v) is 5.63. The highest BCUT2D eigenvalue weighted by molar-refractivity contribution is 5.43. The lowest BCUT2D eigenvalue weighted by Crippen LogP contribution is -2.08. The van der Waals surface area contributed by atoms with Gasteiger partial charge < -0.3 is 14.6 Å². The van der Waals surface area contributed by atoms with Crippen molar-refractivity contribution in [3.63, 3.8) is 0 Å². The summed E-state index contributed by atoms with van der Waals surface area (Å²) in [5.74, 6) is 2.42. The van der Waals surface area contributed by atoms with Gasteiger partial charge in [-0.15, -0.1) is 0 Å². The summed E-state index contributed by atoms with van der Waals surface area (Å²) in [6.07, 6.45) is 2.42. The molecule has 0 spiro atoms. The van der Waals surface area contributed by atoms with Gasteiger partial charge in [0.2, 0.25) is 0 Å². The van der Waals surface area contributed by atoms with Crippen molar-refractivity contribution in [1.29, 1.82) is 0 Å². The predicted octanol–water partition coefficient (Wildman–Crippen LogP) is 2.19. The van der Waals surface area contributed by atoms with Gasteiger partial charge in [0, 0.05) is 17.5 Å². The zero-order valence-electron chi connectivity index (χ0n) is 9.77. The lowest BCUT2D eigenvalue weighted by molar-refractivity contribution is 0.249. The summed E-state index contributed by atoms with van der Waals surface area (Å²) in [5, 5.41) is 9.45. The predicted molar refractivity (Wildman–Crippen MR) is 62.1 cm³/mol. The first-order chi connectivity index (χ1) is 7.80. The smallest absolute Gasteiger partial charge is 0.126 e. The zero-order valence-corrected chi connectivity index (χ0v) is 9.77. The third-order valence-corrected chi connectivity index (χ3v) is 3.23. The van der Waals surface area contributed by atoms with Gasteiger partial charge in [-0.25, -0.2) is 0 Å². The van der Waals surface area contributed by atoms with Crippen molar-refractivity contribution < 1.29 is 14.6 Å². The summed E-state index contributed by atoms with van der Waals surface area (Å²) in [6, 6.07) is 5.79. The second-order valence-electron chi connectivity index (χ2n) is 4.23. The molecule has 1 aliphatic rings. The number of rotatable bonds is 5. The number of methoxy groups -OCH3 is 2. The van der Waals surface area contributed by atoms with Gasteiger partial charge >= 0.3 is 0 Å². The third-order valence-electron chi connectivity index (χ3n) is 3.23. The Kier molecular flexibility index (Phi) is 3.34. The molecule has 16 heavy (non-hydrogen) atoms. The van der Waals surface area contributed by atoms with Gasteiger partial charge in [0.05, 0.1) is 20.8 Å². The molecule has 3 heteroatoms. The fraction of sp³-hybridized carbons (Fsp3) is 0.538. The van der Waals surface area contributed by atoms with Crippen molar-refractivity contribution in [3.05, 3.63) is 23.8 Å². The van der Waals surface area contributed by atoms with Crippen LogP contribution in [0, 0.1) is 5.92 Å². The molecule has 1 atom stereocenters. The Morgan fingerprint density at radius 3 is 2.56 bits per heavy atom. The Bertz CT molecular complexity index is 358. The van der Waals surface area contributed by atoms with Crippen LogP contribution in [-0.2, 0) is 0 Å². The summed E-state index contributed by atoms with van der Waals surface area (Å²) in [5.41, 5.74) is 1.09. The molecule has 0 aliphatic heterocycles. The summed E-state index contributed by atoms with van der Waals surface area (Å²) in [7, 11) is 3.29. The van der Waals surface area contributed by atoms with Crippen molar-refractivity contribution in [3.8, 4) is 11.5 Å².